The number of methoxy groups -OCH3 is 1. The number of likely N-dealkylation sites (tertiary alicyclic amines) is 1. The van der Waals surface area contributed by atoms with Crippen LogP contribution in [0.3, 0.4) is 0 Å². The molecule has 0 saturated carbocycles. The van der Waals surface area contributed by atoms with Gasteiger partial charge in [0.1, 0.15) is 5.75 Å². The van der Waals surface area contributed by atoms with Gasteiger partial charge in [-0.1, -0.05) is 25.1 Å². The number of halogens is 1. The van der Waals surface area contributed by atoms with E-state index in [4.69, 9.17) is 10.5 Å². The summed E-state index contributed by atoms with van der Waals surface area (Å²) in [6.07, 6.45) is 2.01. The Balaban J connectivity index is 0.00000220. The standard InChI is InChI=1S/C16H24N2O2.ClH/c1-11(12(2)17)16(19)18-10-6-8-14(18)13-7-4-5-9-15(13)20-3;/h4-5,7,9,11-12,14H,6,8,10,17H2,1-3H3;1H. The molecule has 2 N–H and O–H groups in total. The maximum Gasteiger partial charge on any atom is 0.227 e. The molecular formula is C16H25ClN2O2. The molecule has 1 aromatic carbocycles. The molecule has 0 aromatic heterocycles. The molecule has 0 bridgehead atoms. The quantitative estimate of drug-likeness (QED) is 0.930. The largest absolute Gasteiger partial charge is 0.496 e. The highest BCUT2D eigenvalue weighted by atomic mass is 35.5. The Morgan fingerprint density at radius 2 is 2.05 bits per heavy atom. The van der Waals surface area contributed by atoms with Crippen LogP contribution in [0.1, 0.15) is 38.3 Å². The van der Waals surface area contributed by atoms with Crippen LogP contribution in [-0.4, -0.2) is 30.5 Å². The number of benzene rings is 1. The first-order valence-corrected chi connectivity index (χ1v) is 7.25. The van der Waals surface area contributed by atoms with Gasteiger partial charge in [-0.15, -0.1) is 12.4 Å². The van der Waals surface area contributed by atoms with Gasteiger partial charge in [0.15, 0.2) is 0 Å². The predicted octanol–water partition coefficient (Wildman–Crippen LogP) is 2.76. The maximum absolute atomic E-state index is 12.6. The van der Waals surface area contributed by atoms with Gasteiger partial charge in [-0.05, 0) is 25.8 Å². The summed E-state index contributed by atoms with van der Waals surface area (Å²) in [6.45, 7) is 4.60. The second-order valence-corrected chi connectivity index (χ2v) is 5.58. The van der Waals surface area contributed by atoms with Crippen molar-refractivity contribution in [2.75, 3.05) is 13.7 Å². The van der Waals surface area contributed by atoms with Crippen LogP contribution in [0.2, 0.25) is 0 Å². The van der Waals surface area contributed by atoms with Crippen LogP contribution in [0, 0.1) is 5.92 Å². The zero-order chi connectivity index (χ0) is 14.7. The van der Waals surface area contributed by atoms with Gasteiger partial charge in [-0.2, -0.15) is 0 Å². The SMILES string of the molecule is COc1ccccc1C1CCCN1C(=O)C(C)C(C)N.Cl. The van der Waals surface area contributed by atoms with Crippen molar-refractivity contribution < 1.29 is 9.53 Å². The Morgan fingerprint density at radius 3 is 2.67 bits per heavy atom. The fraction of sp³-hybridized carbons (Fsp3) is 0.562. The lowest BCUT2D eigenvalue weighted by Gasteiger charge is -2.29. The van der Waals surface area contributed by atoms with E-state index in [-0.39, 0.29) is 36.3 Å². The van der Waals surface area contributed by atoms with E-state index < -0.39 is 0 Å². The Labute approximate surface area is 133 Å². The van der Waals surface area contributed by atoms with Crippen molar-refractivity contribution in [2.45, 2.75) is 38.8 Å². The van der Waals surface area contributed by atoms with E-state index in [1.165, 1.54) is 0 Å². The summed E-state index contributed by atoms with van der Waals surface area (Å²) in [6, 6.07) is 7.93. The zero-order valence-electron chi connectivity index (χ0n) is 12.9. The summed E-state index contributed by atoms with van der Waals surface area (Å²) in [5.41, 5.74) is 6.97. The first kappa shape index (κ1) is 17.8. The van der Waals surface area contributed by atoms with Gasteiger partial charge in [-0.25, -0.2) is 0 Å². The molecule has 1 fully saturated rings. The van der Waals surface area contributed by atoms with E-state index in [2.05, 4.69) is 0 Å². The summed E-state index contributed by atoms with van der Waals surface area (Å²) in [5, 5.41) is 0. The molecule has 1 amide bonds. The first-order chi connectivity index (χ1) is 9.56. The highest BCUT2D eigenvalue weighted by Crippen LogP contribution is 2.37. The highest BCUT2D eigenvalue weighted by molar-refractivity contribution is 5.85. The van der Waals surface area contributed by atoms with Crippen LogP contribution >= 0.6 is 12.4 Å². The van der Waals surface area contributed by atoms with Gasteiger partial charge in [0.2, 0.25) is 5.91 Å². The van der Waals surface area contributed by atoms with Gasteiger partial charge >= 0.3 is 0 Å². The molecule has 1 aliphatic heterocycles. The predicted molar refractivity (Wildman–Crippen MR) is 86.7 cm³/mol. The summed E-state index contributed by atoms with van der Waals surface area (Å²) in [4.78, 5) is 14.5. The molecule has 1 aromatic rings. The van der Waals surface area contributed by atoms with E-state index in [0.29, 0.717) is 0 Å². The van der Waals surface area contributed by atoms with Crippen molar-refractivity contribution in [3.05, 3.63) is 29.8 Å². The highest BCUT2D eigenvalue weighted by Gasteiger charge is 2.34. The molecule has 1 saturated heterocycles. The van der Waals surface area contributed by atoms with Crippen LogP contribution in [0.5, 0.6) is 5.75 Å². The number of hydrogen-bond acceptors (Lipinski definition) is 3. The molecule has 118 valence electrons. The van der Waals surface area contributed by atoms with Gasteiger partial charge in [0.05, 0.1) is 19.1 Å². The Hall–Kier alpha value is -1.26. The lowest BCUT2D eigenvalue weighted by Crippen LogP contribution is -2.41. The third kappa shape index (κ3) is 3.69. The average Bonchev–Trinajstić information content (AvgIpc) is 2.94. The number of para-hydroxylation sites is 1. The maximum atomic E-state index is 12.6. The monoisotopic (exact) mass is 312 g/mol. The second-order valence-electron chi connectivity index (χ2n) is 5.58. The van der Waals surface area contributed by atoms with Crippen molar-refractivity contribution in [3.63, 3.8) is 0 Å². The molecule has 0 radical (unpaired) electrons. The number of amides is 1. The van der Waals surface area contributed by atoms with Crippen LogP contribution in [0.15, 0.2) is 24.3 Å². The van der Waals surface area contributed by atoms with E-state index in [9.17, 15) is 4.79 Å². The summed E-state index contributed by atoms with van der Waals surface area (Å²) < 4.78 is 5.43. The second kappa shape index (κ2) is 7.66. The number of ether oxygens (including phenoxy) is 1. The minimum absolute atomic E-state index is 0. The van der Waals surface area contributed by atoms with Crippen LogP contribution in [0.4, 0.5) is 0 Å². The van der Waals surface area contributed by atoms with Crippen molar-refractivity contribution in [2.24, 2.45) is 11.7 Å². The van der Waals surface area contributed by atoms with E-state index in [0.717, 1.165) is 30.7 Å². The third-order valence-corrected chi connectivity index (χ3v) is 4.21. The Bertz CT molecular complexity index is 479. The molecule has 3 atom stereocenters. The first-order valence-electron chi connectivity index (χ1n) is 7.25. The van der Waals surface area contributed by atoms with Crippen molar-refractivity contribution >= 4 is 18.3 Å². The van der Waals surface area contributed by atoms with Crippen molar-refractivity contribution in [3.8, 4) is 5.75 Å². The third-order valence-electron chi connectivity index (χ3n) is 4.21. The van der Waals surface area contributed by atoms with Crippen LogP contribution in [0.25, 0.3) is 0 Å². The number of hydrogen-bond donors (Lipinski definition) is 1. The number of carbonyl (C=O) groups is 1. The van der Waals surface area contributed by atoms with Gasteiger partial charge in [0, 0.05) is 18.2 Å². The van der Waals surface area contributed by atoms with Crippen LogP contribution < -0.4 is 10.5 Å². The van der Waals surface area contributed by atoms with E-state index in [1.54, 1.807) is 7.11 Å². The Kier molecular flexibility index (Phi) is 6.49. The minimum Gasteiger partial charge on any atom is -0.496 e. The molecule has 5 heteroatoms. The average molecular weight is 313 g/mol. The fourth-order valence-corrected chi connectivity index (χ4v) is 2.78. The molecular weight excluding hydrogens is 288 g/mol. The van der Waals surface area contributed by atoms with Crippen LogP contribution in [-0.2, 0) is 4.79 Å². The van der Waals surface area contributed by atoms with Gasteiger partial charge in [-0.3, -0.25) is 4.79 Å². The lowest BCUT2D eigenvalue weighted by atomic mass is 9.99. The number of rotatable bonds is 4. The van der Waals surface area contributed by atoms with Crippen molar-refractivity contribution in [1.29, 1.82) is 0 Å². The lowest BCUT2D eigenvalue weighted by molar-refractivity contribution is -0.136. The topological polar surface area (TPSA) is 55.6 Å². The molecule has 4 nitrogen and oxygen atoms in total. The van der Waals surface area contributed by atoms with E-state index >= 15 is 0 Å². The summed E-state index contributed by atoms with van der Waals surface area (Å²) >= 11 is 0. The normalized spacial score (nSPS) is 20.6. The Morgan fingerprint density at radius 1 is 1.38 bits per heavy atom. The zero-order valence-corrected chi connectivity index (χ0v) is 13.7. The summed E-state index contributed by atoms with van der Waals surface area (Å²) in [7, 11) is 1.67. The van der Waals surface area contributed by atoms with Gasteiger partial charge in [0.25, 0.3) is 0 Å². The van der Waals surface area contributed by atoms with Crippen molar-refractivity contribution in [1.82, 2.24) is 4.90 Å². The molecule has 1 heterocycles. The number of carbonyl (C=O) groups excluding carboxylic acids is 1. The molecule has 0 aliphatic carbocycles. The molecule has 21 heavy (non-hydrogen) atoms. The van der Waals surface area contributed by atoms with E-state index in [1.807, 2.05) is 43.0 Å². The molecule has 2 rings (SSSR count). The molecule has 0 spiro atoms. The molecule has 1 aliphatic rings. The fourth-order valence-electron chi connectivity index (χ4n) is 2.78. The smallest absolute Gasteiger partial charge is 0.227 e. The number of nitrogens with zero attached hydrogens (tertiary/aromatic N) is 1. The number of nitrogens with two attached hydrogens (primary N) is 1. The minimum atomic E-state index is -0.148. The summed E-state index contributed by atoms with van der Waals surface area (Å²) in [5.74, 6) is 0.851. The van der Waals surface area contributed by atoms with Gasteiger partial charge < -0.3 is 15.4 Å². The molecule has 3 unspecified atom stereocenters.